The minimum absolute atomic E-state index is 0.780. The van der Waals surface area contributed by atoms with Gasteiger partial charge >= 0.3 is 0 Å². The van der Waals surface area contributed by atoms with E-state index in [9.17, 15) is 0 Å². The lowest BCUT2D eigenvalue weighted by Crippen LogP contribution is -1.96. The lowest BCUT2D eigenvalue weighted by atomic mass is 10.2. The van der Waals surface area contributed by atoms with E-state index >= 15 is 0 Å². The van der Waals surface area contributed by atoms with Crippen LogP contribution in [0.5, 0.6) is 0 Å². The highest BCUT2D eigenvalue weighted by molar-refractivity contribution is 7.99. The van der Waals surface area contributed by atoms with Gasteiger partial charge in [-0.15, -0.1) is 11.8 Å². The highest BCUT2D eigenvalue weighted by Gasteiger charge is 2.00. The molecule has 94 valence electrons. The van der Waals surface area contributed by atoms with Crippen molar-refractivity contribution in [2.24, 2.45) is 0 Å². The molecule has 0 saturated carbocycles. The molecule has 2 rings (SSSR count). The van der Waals surface area contributed by atoms with E-state index in [4.69, 9.17) is 5.73 Å². The number of hydrogen-bond donors (Lipinski definition) is 2. The average molecular weight is 258 g/mol. The number of rotatable bonds is 4. The van der Waals surface area contributed by atoms with E-state index in [-0.39, 0.29) is 0 Å². The first-order chi connectivity index (χ1) is 8.69. The second-order valence-electron chi connectivity index (χ2n) is 4.17. The summed E-state index contributed by atoms with van der Waals surface area (Å²) in [5, 5.41) is 3.33. The highest BCUT2D eigenvalue weighted by atomic mass is 32.2. The summed E-state index contributed by atoms with van der Waals surface area (Å²) in [5.74, 6) is 1.09. The molecule has 2 aromatic rings. The summed E-state index contributed by atoms with van der Waals surface area (Å²) in [7, 11) is 0. The van der Waals surface area contributed by atoms with Crippen LogP contribution >= 0.6 is 11.8 Å². The van der Waals surface area contributed by atoms with Crippen molar-refractivity contribution in [2.75, 3.05) is 16.8 Å². The second kappa shape index (κ2) is 5.83. The zero-order valence-corrected chi connectivity index (χ0v) is 11.6. The Morgan fingerprint density at radius 2 is 1.83 bits per heavy atom. The van der Waals surface area contributed by atoms with Gasteiger partial charge in [0.1, 0.15) is 0 Å². The number of nitrogen functional groups attached to an aromatic ring is 1. The average Bonchev–Trinajstić information content (AvgIpc) is 2.35. The number of anilines is 3. The van der Waals surface area contributed by atoms with Gasteiger partial charge < -0.3 is 11.1 Å². The zero-order valence-electron chi connectivity index (χ0n) is 10.7. The second-order valence-corrected chi connectivity index (χ2v) is 5.51. The van der Waals surface area contributed by atoms with Gasteiger partial charge in [-0.3, -0.25) is 0 Å². The van der Waals surface area contributed by atoms with Crippen LogP contribution in [0.3, 0.4) is 0 Å². The third-order valence-electron chi connectivity index (χ3n) is 2.65. The van der Waals surface area contributed by atoms with Gasteiger partial charge in [0.2, 0.25) is 0 Å². The van der Waals surface area contributed by atoms with Gasteiger partial charge in [-0.2, -0.15) is 0 Å². The van der Waals surface area contributed by atoms with Gasteiger partial charge in [0.15, 0.2) is 0 Å². The maximum atomic E-state index is 5.98. The number of hydrogen-bond acceptors (Lipinski definition) is 3. The molecule has 0 atom stereocenters. The summed E-state index contributed by atoms with van der Waals surface area (Å²) in [6, 6.07) is 14.5. The van der Waals surface area contributed by atoms with Crippen molar-refractivity contribution in [3.63, 3.8) is 0 Å². The molecule has 0 amide bonds. The molecule has 0 bridgehead atoms. The lowest BCUT2D eigenvalue weighted by molar-refractivity contribution is 1.41. The Labute approximate surface area is 113 Å². The Hall–Kier alpha value is -1.61. The highest BCUT2D eigenvalue weighted by Crippen LogP contribution is 2.26. The molecule has 0 aliphatic carbocycles. The van der Waals surface area contributed by atoms with Gasteiger partial charge in [0.25, 0.3) is 0 Å². The molecule has 0 spiro atoms. The maximum absolute atomic E-state index is 5.98. The van der Waals surface area contributed by atoms with E-state index in [0.717, 1.165) is 22.8 Å². The van der Waals surface area contributed by atoms with Gasteiger partial charge in [-0.1, -0.05) is 13.0 Å². The summed E-state index contributed by atoms with van der Waals surface area (Å²) in [6.07, 6.45) is 0. The summed E-state index contributed by atoms with van der Waals surface area (Å²) in [6.45, 7) is 4.20. The van der Waals surface area contributed by atoms with Crippen molar-refractivity contribution < 1.29 is 0 Å². The summed E-state index contributed by atoms with van der Waals surface area (Å²) >= 11 is 1.84. The van der Waals surface area contributed by atoms with Crippen LogP contribution in [0.1, 0.15) is 12.5 Å². The fourth-order valence-electron chi connectivity index (χ4n) is 1.75. The van der Waals surface area contributed by atoms with E-state index in [1.54, 1.807) is 0 Å². The summed E-state index contributed by atoms with van der Waals surface area (Å²) in [4.78, 5) is 1.29. The van der Waals surface area contributed by atoms with Crippen LogP contribution < -0.4 is 11.1 Å². The first-order valence-electron chi connectivity index (χ1n) is 6.05. The van der Waals surface area contributed by atoms with Gasteiger partial charge in [0, 0.05) is 10.6 Å². The normalized spacial score (nSPS) is 10.3. The van der Waals surface area contributed by atoms with Gasteiger partial charge in [-0.05, 0) is 54.6 Å². The fourth-order valence-corrected chi connectivity index (χ4v) is 2.41. The van der Waals surface area contributed by atoms with E-state index < -0.39 is 0 Å². The molecule has 0 radical (unpaired) electrons. The van der Waals surface area contributed by atoms with Crippen molar-refractivity contribution in [2.45, 2.75) is 18.7 Å². The molecule has 0 aromatic heterocycles. The van der Waals surface area contributed by atoms with E-state index in [1.165, 1.54) is 10.5 Å². The monoisotopic (exact) mass is 258 g/mol. The minimum atomic E-state index is 0.780. The summed E-state index contributed by atoms with van der Waals surface area (Å²) < 4.78 is 0. The molecule has 18 heavy (non-hydrogen) atoms. The predicted molar refractivity (Wildman–Crippen MR) is 81.7 cm³/mol. The number of thioether (sulfide) groups is 1. The van der Waals surface area contributed by atoms with Crippen LogP contribution in [0, 0.1) is 6.92 Å². The number of benzene rings is 2. The van der Waals surface area contributed by atoms with Crippen LogP contribution in [0.4, 0.5) is 17.1 Å². The molecule has 0 saturated heterocycles. The number of nitrogens with two attached hydrogens (primary N) is 1. The topological polar surface area (TPSA) is 38.0 Å². The van der Waals surface area contributed by atoms with Crippen molar-refractivity contribution in [1.29, 1.82) is 0 Å². The van der Waals surface area contributed by atoms with E-state index in [0.29, 0.717) is 0 Å². The van der Waals surface area contributed by atoms with Crippen LogP contribution in [0.25, 0.3) is 0 Å². The molecule has 0 heterocycles. The largest absolute Gasteiger partial charge is 0.397 e. The fraction of sp³-hybridized carbons (Fsp3) is 0.200. The van der Waals surface area contributed by atoms with E-state index in [2.05, 4.69) is 42.6 Å². The third kappa shape index (κ3) is 3.20. The molecule has 0 unspecified atom stereocenters. The standard InChI is InChI=1S/C15H18N2S/c1-3-18-13-7-5-12(6-8-13)17-15-9-4-11(2)10-14(15)16/h4-10,17H,3,16H2,1-2H3. The van der Waals surface area contributed by atoms with Crippen LogP contribution in [0.2, 0.25) is 0 Å². The molecule has 0 aliphatic rings. The smallest absolute Gasteiger partial charge is 0.0618 e. The van der Waals surface area contributed by atoms with Crippen LogP contribution in [-0.2, 0) is 0 Å². The Kier molecular flexibility index (Phi) is 4.15. The minimum Gasteiger partial charge on any atom is -0.397 e. The third-order valence-corrected chi connectivity index (χ3v) is 3.55. The Morgan fingerprint density at radius 3 is 2.44 bits per heavy atom. The van der Waals surface area contributed by atoms with Crippen molar-refractivity contribution >= 4 is 28.8 Å². The molecule has 2 aromatic carbocycles. The lowest BCUT2D eigenvalue weighted by Gasteiger charge is -2.10. The molecule has 0 aliphatic heterocycles. The molecule has 2 nitrogen and oxygen atoms in total. The van der Waals surface area contributed by atoms with Gasteiger partial charge in [0.05, 0.1) is 11.4 Å². The quantitative estimate of drug-likeness (QED) is 0.629. The molecular weight excluding hydrogens is 240 g/mol. The zero-order chi connectivity index (χ0) is 13.0. The van der Waals surface area contributed by atoms with Gasteiger partial charge in [-0.25, -0.2) is 0 Å². The first-order valence-corrected chi connectivity index (χ1v) is 7.03. The van der Waals surface area contributed by atoms with Crippen molar-refractivity contribution in [1.82, 2.24) is 0 Å². The molecule has 3 heteroatoms. The Morgan fingerprint density at radius 1 is 1.11 bits per heavy atom. The van der Waals surface area contributed by atoms with Crippen LogP contribution in [0.15, 0.2) is 47.4 Å². The number of nitrogens with one attached hydrogen (secondary N) is 1. The SMILES string of the molecule is CCSc1ccc(Nc2ccc(C)cc2N)cc1. The van der Waals surface area contributed by atoms with Crippen molar-refractivity contribution in [3.8, 4) is 0 Å². The number of aryl methyl sites for hydroxylation is 1. The Balaban J connectivity index is 2.13. The molecule has 3 N–H and O–H groups in total. The molecule has 0 fully saturated rings. The summed E-state index contributed by atoms with van der Waals surface area (Å²) in [5.41, 5.74) is 9.95. The molecular formula is C15H18N2S. The maximum Gasteiger partial charge on any atom is 0.0618 e. The Bertz CT molecular complexity index is 521. The van der Waals surface area contributed by atoms with Crippen molar-refractivity contribution in [3.05, 3.63) is 48.0 Å². The van der Waals surface area contributed by atoms with E-state index in [1.807, 2.05) is 30.8 Å². The predicted octanol–water partition coefficient (Wildman–Crippen LogP) is 4.43. The first kappa shape index (κ1) is 12.8. The van der Waals surface area contributed by atoms with Crippen LogP contribution in [-0.4, -0.2) is 5.75 Å².